The third-order valence-corrected chi connectivity index (χ3v) is 7.93. The van der Waals surface area contributed by atoms with Crippen LogP contribution in [0.15, 0.2) is 46.1 Å². The molecule has 6 rings (SSSR count). The molecule has 4 aromatic rings. The second-order valence-corrected chi connectivity index (χ2v) is 10.3. The van der Waals surface area contributed by atoms with Gasteiger partial charge in [-0.3, -0.25) is 9.40 Å². The average Bonchev–Trinajstić information content (AvgIpc) is 3.12. The molecule has 0 atom stereocenters. The zero-order chi connectivity index (χ0) is 24.4. The highest BCUT2D eigenvalue weighted by Crippen LogP contribution is 2.58. The van der Waals surface area contributed by atoms with Gasteiger partial charge >= 0.3 is 0 Å². The summed E-state index contributed by atoms with van der Waals surface area (Å²) in [5, 5.41) is 8.01. The first-order chi connectivity index (χ1) is 16.9. The maximum absolute atomic E-state index is 15.3. The average molecular weight is 501 g/mol. The fraction of sp³-hybridized carbons (Fsp3) is 0.304. The van der Waals surface area contributed by atoms with Crippen LogP contribution in [0.2, 0.25) is 0 Å². The van der Waals surface area contributed by atoms with Crippen molar-refractivity contribution in [1.82, 2.24) is 14.9 Å². The molecule has 10 nitrogen and oxygen atoms in total. The van der Waals surface area contributed by atoms with Gasteiger partial charge in [0, 0.05) is 28.9 Å². The van der Waals surface area contributed by atoms with Gasteiger partial charge in [-0.25, -0.2) is 12.8 Å². The Kier molecular flexibility index (Phi) is 4.72. The Bertz CT molecular complexity index is 1560. The molecule has 2 aromatic carbocycles. The van der Waals surface area contributed by atoms with Crippen molar-refractivity contribution >= 4 is 26.8 Å². The largest absolute Gasteiger partial charge is 0.495 e. The molecule has 2 aromatic heterocycles. The molecule has 1 N–H and O–H groups in total. The molecule has 2 aliphatic rings. The number of benzene rings is 2. The molecular weight excluding hydrogens is 479 g/mol. The van der Waals surface area contributed by atoms with Crippen LogP contribution in [-0.4, -0.2) is 44.2 Å². The van der Waals surface area contributed by atoms with E-state index in [1.807, 2.05) is 6.07 Å². The van der Waals surface area contributed by atoms with Crippen molar-refractivity contribution in [3.05, 3.63) is 53.6 Å². The van der Waals surface area contributed by atoms with Crippen LogP contribution in [0.1, 0.15) is 24.0 Å². The Morgan fingerprint density at radius 2 is 2.09 bits per heavy atom. The molecule has 1 fully saturated rings. The van der Waals surface area contributed by atoms with Gasteiger partial charge < -0.3 is 18.7 Å². The second kappa shape index (κ2) is 7.60. The number of aromatic nitrogens is 3. The second-order valence-electron chi connectivity index (χ2n) is 8.64. The monoisotopic (exact) mass is 500 g/mol. The quantitative estimate of drug-likeness (QED) is 0.410. The molecular formula is C23H21FN4O6S. The number of methoxy groups -OCH3 is 2. The SMILES string of the molecule is COc1ccc2c(c1S(=O)(=O)Nc1noc3cc(Cn4cccn4)c(F)c(OC)c13)OCC21CC1. The lowest BCUT2D eigenvalue weighted by molar-refractivity contribution is 0.313. The van der Waals surface area contributed by atoms with Crippen LogP contribution < -0.4 is 18.9 Å². The minimum Gasteiger partial charge on any atom is -0.495 e. The van der Waals surface area contributed by atoms with Gasteiger partial charge in [-0.1, -0.05) is 11.2 Å². The lowest BCUT2D eigenvalue weighted by Gasteiger charge is -2.15. The van der Waals surface area contributed by atoms with Crippen LogP contribution in [-0.2, 0) is 22.0 Å². The van der Waals surface area contributed by atoms with E-state index in [-0.39, 0.29) is 56.5 Å². The van der Waals surface area contributed by atoms with Gasteiger partial charge in [0.25, 0.3) is 10.0 Å². The minimum absolute atomic E-state index is 0.0592. The van der Waals surface area contributed by atoms with Crippen LogP contribution in [0.4, 0.5) is 10.2 Å². The number of rotatable bonds is 7. The Morgan fingerprint density at radius 3 is 2.77 bits per heavy atom. The summed E-state index contributed by atoms with van der Waals surface area (Å²) < 4.78 is 68.3. The predicted molar refractivity (Wildman–Crippen MR) is 122 cm³/mol. The number of nitrogens with zero attached hydrogens (tertiary/aromatic N) is 3. The first-order valence-electron chi connectivity index (χ1n) is 10.9. The van der Waals surface area contributed by atoms with E-state index in [4.69, 9.17) is 18.7 Å². The zero-order valence-electron chi connectivity index (χ0n) is 18.9. The summed E-state index contributed by atoms with van der Waals surface area (Å²) in [6.45, 7) is 0.544. The van der Waals surface area contributed by atoms with E-state index in [1.54, 1.807) is 29.2 Å². The summed E-state index contributed by atoms with van der Waals surface area (Å²) in [5.74, 6) is -0.679. The summed E-state index contributed by atoms with van der Waals surface area (Å²) in [7, 11) is -1.60. The van der Waals surface area contributed by atoms with Crippen LogP contribution in [0.5, 0.6) is 17.2 Å². The maximum atomic E-state index is 15.3. The van der Waals surface area contributed by atoms with Crippen LogP contribution in [0.25, 0.3) is 11.0 Å². The Hall–Kier alpha value is -3.80. The smallest absolute Gasteiger partial charge is 0.270 e. The van der Waals surface area contributed by atoms with Crippen molar-refractivity contribution in [1.29, 1.82) is 0 Å². The van der Waals surface area contributed by atoms with Crippen LogP contribution in [0.3, 0.4) is 0 Å². The predicted octanol–water partition coefficient (Wildman–Crippen LogP) is 3.45. The molecule has 1 aliphatic heterocycles. The number of halogens is 1. The Balaban J connectivity index is 1.43. The molecule has 1 aliphatic carbocycles. The number of ether oxygens (including phenoxy) is 3. The van der Waals surface area contributed by atoms with E-state index in [1.165, 1.54) is 20.3 Å². The van der Waals surface area contributed by atoms with E-state index < -0.39 is 15.8 Å². The van der Waals surface area contributed by atoms with Crippen molar-refractivity contribution in [3.8, 4) is 17.2 Å². The topological polar surface area (TPSA) is 118 Å². The molecule has 1 spiro atoms. The van der Waals surface area contributed by atoms with Crippen LogP contribution in [0, 0.1) is 5.82 Å². The molecule has 182 valence electrons. The molecule has 1 saturated carbocycles. The molecule has 3 heterocycles. The van der Waals surface area contributed by atoms with Crippen molar-refractivity contribution in [2.24, 2.45) is 0 Å². The van der Waals surface area contributed by atoms with E-state index in [0.29, 0.717) is 6.61 Å². The van der Waals surface area contributed by atoms with Gasteiger partial charge in [-0.05, 0) is 31.0 Å². The number of fused-ring (bicyclic) bond motifs is 3. The standard InChI is InChI=1S/C23H21FN4O6S/c1-31-15-5-4-14-19(33-12-23(14)6-7-23)21(15)35(29,30)27-22-17-16(34-26-22)10-13(18(24)20(17)32-2)11-28-9-3-8-25-28/h3-5,8-10H,6-7,11-12H2,1-2H3,(H,26,27). The molecule has 35 heavy (non-hydrogen) atoms. The minimum atomic E-state index is -4.27. The fourth-order valence-electron chi connectivity index (χ4n) is 4.59. The number of nitrogens with one attached hydrogen (secondary N) is 1. The number of sulfonamides is 1. The first-order valence-corrected chi connectivity index (χ1v) is 12.3. The van der Waals surface area contributed by atoms with Gasteiger partial charge in [-0.2, -0.15) is 5.10 Å². The van der Waals surface area contributed by atoms with Crippen molar-refractivity contribution in [3.63, 3.8) is 0 Å². The summed E-state index contributed by atoms with van der Waals surface area (Å²) >= 11 is 0. The van der Waals surface area contributed by atoms with E-state index in [2.05, 4.69) is 15.0 Å². The van der Waals surface area contributed by atoms with Crippen molar-refractivity contribution in [2.75, 3.05) is 25.5 Å². The third-order valence-electron chi connectivity index (χ3n) is 6.54. The number of anilines is 1. The highest BCUT2D eigenvalue weighted by molar-refractivity contribution is 7.93. The number of hydrogen-bond donors (Lipinski definition) is 1. The lowest BCUT2D eigenvalue weighted by Crippen LogP contribution is -2.16. The summed E-state index contributed by atoms with van der Waals surface area (Å²) in [6.07, 6.45) is 5.14. The van der Waals surface area contributed by atoms with Gasteiger partial charge in [0.2, 0.25) is 0 Å². The highest BCUT2D eigenvalue weighted by atomic mass is 32.2. The molecule has 0 bridgehead atoms. The van der Waals surface area contributed by atoms with Crippen LogP contribution >= 0.6 is 0 Å². The van der Waals surface area contributed by atoms with Gasteiger partial charge in [-0.15, -0.1) is 0 Å². The molecule has 0 unspecified atom stereocenters. The summed E-state index contributed by atoms with van der Waals surface area (Å²) in [5.41, 5.74) is 1.11. The zero-order valence-corrected chi connectivity index (χ0v) is 19.7. The molecule has 0 amide bonds. The normalized spacial score (nSPS) is 15.7. The summed E-state index contributed by atoms with van der Waals surface area (Å²) in [6, 6.07) is 6.63. The maximum Gasteiger partial charge on any atom is 0.270 e. The van der Waals surface area contributed by atoms with Gasteiger partial charge in [0.15, 0.2) is 27.9 Å². The highest BCUT2D eigenvalue weighted by Gasteiger charge is 2.52. The number of hydrogen-bond acceptors (Lipinski definition) is 8. The first kappa shape index (κ1) is 21.7. The summed E-state index contributed by atoms with van der Waals surface area (Å²) in [4.78, 5) is -0.132. The van der Waals surface area contributed by atoms with Gasteiger partial charge in [0.1, 0.15) is 16.9 Å². The molecule has 0 radical (unpaired) electrons. The van der Waals surface area contributed by atoms with Crippen molar-refractivity contribution < 1.29 is 31.5 Å². The van der Waals surface area contributed by atoms with Gasteiger partial charge in [0.05, 0.1) is 27.4 Å². The fourth-order valence-corrected chi connectivity index (χ4v) is 5.92. The van der Waals surface area contributed by atoms with Crippen molar-refractivity contribution in [2.45, 2.75) is 29.7 Å². The Labute approximate surface area is 199 Å². The lowest BCUT2D eigenvalue weighted by atomic mass is 9.98. The molecule has 12 heteroatoms. The Morgan fingerprint density at radius 1 is 1.26 bits per heavy atom. The molecule has 0 saturated heterocycles. The van der Waals surface area contributed by atoms with E-state index in [0.717, 1.165) is 18.4 Å². The third kappa shape index (κ3) is 3.31. The van der Waals surface area contributed by atoms with E-state index >= 15 is 4.39 Å². The van der Waals surface area contributed by atoms with E-state index in [9.17, 15) is 8.42 Å².